The molecule has 72 heavy (non-hydrogen) atoms. The molecule has 0 saturated heterocycles. The summed E-state index contributed by atoms with van der Waals surface area (Å²) in [5, 5.41) is 0. The van der Waals surface area contributed by atoms with Crippen LogP contribution in [0, 0.1) is 0 Å². The number of hydrogen-bond donors (Lipinski definition) is 6. The molecule has 7 aromatic heterocycles. The summed E-state index contributed by atoms with van der Waals surface area (Å²) in [5.41, 5.74) is 9.99. The van der Waals surface area contributed by atoms with Crippen LogP contribution in [-0.2, 0) is 66.2 Å². The Morgan fingerprint density at radius 3 is 0.778 bits per heavy atom. The molecule has 0 unspecified atom stereocenters. The smallest absolute Gasteiger partial charge is 0.265 e. The maximum Gasteiger partial charge on any atom is 0.265 e. The third-order valence-corrected chi connectivity index (χ3v) is 14.5. The summed E-state index contributed by atoms with van der Waals surface area (Å²) in [6.45, 7) is 0. The van der Waals surface area contributed by atoms with Gasteiger partial charge in [-0.05, 0) is 119 Å². The molecule has 0 amide bonds. The lowest BCUT2D eigenvalue weighted by Gasteiger charge is -2.09. The van der Waals surface area contributed by atoms with Gasteiger partial charge in [0.15, 0.2) is 0 Å². The molecule has 0 aromatic carbocycles. The van der Waals surface area contributed by atoms with E-state index >= 15 is 0 Å². The zero-order valence-corrected chi connectivity index (χ0v) is 40.8. The fraction of sp³-hybridized carbons (Fsp3) is 0.167. The van der Waals surface area contributed by atoms with Gasteiger partial charge in [-0.3, -0.25) is 38.1 Å². The van der Waals surface area contributed by atoms with Crippen molar-refractivity contribution in [2.24, 2.45) is 0 Å². The maximum absolute atomic E-state index is 11.8. The van der Waals surface area contributed by atoms with Crippen molar-refractivity contribution in [1.29, 1.82) is 0 Å². The summed E-state index contributed by atoms with van der Waals surface area (Å²) in [6, 6.07) is 21.0. The molecule has 0 atom stereocenters. The Hall–Kier alpha value is -7.16. The fourth-order valence-electron chi connectivity index (χ4n) is 8.44. The van der Waals surface area contributed by atoms with Gasteiger partial charge in [-0.15, -0.1) is 0 Å². The number of aromatic amines is 2. The first-order valence-electron chi connectivity index (χ1n) is 21.9. The van der Waals surface area contributed by atoms with Crippen LogP contribution in [0.15, 0.2) is 97.6 Å². The molecule has 2 aliphatic heterocycles. The van der Waals surface area contributed by atoms with Crippen LogP contribution in [0.25, 0.3) is 90.9 Å². The summed E-state index contributed by atoms with van der Waals surface area (Å²) in [4.78, 5) is 35.0. The van der Waals surface area contributed by atoms with Gasteiger partial charge in [0.2, 0.25) is 0 Å². The Kier molecular flexibility index (Phi) is 13.7. The topological polar surface area (TPSA) is 326 Å². The van der Waals surface area contributed by atoms with Gasteiger partial charge in [-0.1, -0.05) is 0 Å². The third-order valence-electron chi connectivity index (χ3n) is 11.6. The van der Waals surface area contributed by atoms with Crippen LogP contribution in [0.5, 0.6) is 0 Å². The van der Waals surface area contributed by atoms with E-state index in [0.717, 1.165) is 0 Å². The van der Waals surface area contributed by atoms with Crippen molar-refractivity contribution in [3.05, 3.63) is 143 Å². The second-order valence-electron chi connectivity index (χ2n) is 16.8. The quantitative estimate of drug-likeness (QED) is 0.0553. The van der Waals surface area contributed by atoms with E-state index in [-0.39, 0.29) is 25.7 Å². The Labute approximate surface area is 412 Å². The standard InChI is InChI=1S/C48H42N8O12S4/c57-69(58,59)21-13-33-25-29(9-17-49-33)45-37-1-2-38(53-37)46(30-10-18-50-34(26-30)14-22-70(60,61)62)40-5-6-42(55-40)48(32-12-20-52-36(28-32)16-24-72(66,67)68)44-8-7-43(56-44)47(41-4-3-39(45)54-41)31-11-19-51-35(27-31)15-23-71(63,64)65/h1-12,17-20,25-28,53,56H,13-16,21-24H2,(H,57,58,59)(H,60,61,62)(H,63,64,65)(H,66,67,68). The molecule has 20 nitrogen and oxygen atoms in total. The van der Waals surface area contributed by atoms with Gasteiger partial charge in [-0.25, -0.2) is 9.97 Å². The van der Waals surface area contributed by atoms with Gasteiger partial charge in [0.05, 0.1) is 45.8 Å². The highest BCUT2D eigenvalue weighted by Gasteiger charge is 2.21. The van der Waals surface area contributed by atoms with Crippen LogP contribution >= 0.6 is 0 Å². The lowest BCUT2D eigenvalue weighted by Crippen LogP contribution is -2.07. The molecule has 7 aromatic rings. The first kappa shape index (κ1) is 49.8. The number of nitrogens with zero attached hydrogens (tertiary/aromatic N) is 6. The van der Waals surface area contributed by atoms with Crippen molar-refractivity contribution in [2.75, 3.05) is 23.0 Å². The Balaban J connectivity index is 1.39. The SMILES string of the molecule is O=S(=O)(O)CCc1cc(-c2c3nc(c(-c4ccnc(CCS(=O)(=O)O)c4)c4ccc([nH]4)c(-c4ccnc(CCS(=O)(=O)O)c4)c4nc(c(-c5ccnc(CCS(=O)(=O)O)c5)c5ccc2[nH]5)C=C4)C=C3)ccn1. The zero-order valence-electron chi connectivity index (χ0n) is 37.6. The van der Waals surface area contributed by atoms with Crippen LogP contribution in [0.3, 0.4) is 0 Å². The first-order chi connectivity index (χ1) is 34.1. The normalized spacial score (nSPS) is 12.9. The number of rotatable bonds is 16. The van der Waals surface area contributed by atoms with Crippen LogP contribution in [0.2, 0.25) is 0 Å². The molecular weight excluding hydrogens is 1010 g/mol. The molecule has 0 aliphatic carbocycles. The van der Waals surface area contributed by atoms with E-state index in [0.29, 0.717) is 112 Å². The van der Waals surface area contributed by atoms with E-state index < -0.39 is 63.5 Å². The van der Waals surface area contributed by atoms with Crippen molar-refractivity contribution in [2.45, 2.75) is 25.7 Å². The van der Waals surface area contributed by atoms with Crippen LogP contribution < -0.4 is 0 Å². The number of hydrogen-bond acceptors (Lipinski definition) is 14. The molecule has 0 spiro atoms. The monoisotopic (exact) mass is 1050 g/mol. The minimum absolute atomic E-state index is 0.0973. The largest absolute Gasteiger partial charge is 0.354 e. The van der Waals surface area contributed by atoms with Crippen molar-refractivity contribution in [1.82, 2.24) is 39.9 Å². The number of nitrogens with one attached hydrogen (secondary N) is 2. The molecule has 9 heterocycles. The number of aryl methyl sites for hydroxylation is 4. The van der Waals surface area contributed by atoms with Crippen LogP contribution in [0.4, 0.5) is 0 Å². The number of H-pyrrole nitrogens is 2. The van der Waals surface area contributed by atoms with Crippen molar-refractivity contribution >= 4 is 86.8 Å². The van der Waals surface area contributed by atoms with Gasteiger partial charge < -0.3 is 9.97 Å². The summed E-state index contributed by atoms with van der Waals surface area (Å²) >= 11 is 0. The van der Waals surface area contributed by atoms with Crippen molar-refractivity contribution in [3.8, 4) is 44.5 Å². The lowest BCUT2D eigenvalue weighted by atomic mass is 10.0. The predicted molar refractivity (Wildman–Crippen MR) is 272 cm³/mol. The van der Waals surface area contributed by atoms with Gasteiger partial charge in [-0.2, -0.15) is 33.7 Å². The molecule has 6 N–H and O–H groups in total. The Bertz CT molecular complexity index is 3520. The van der Waals surface area contributed by atoms with E-state index in [1.54, 1.807) is 72.8 Å². The molecule has 0 fully saturated rings. The summed E-state index contributed by atoms with van der Waals surface area (Å²) in [6.07, 6.45) is 12.9. The Morgan fingerprint density at radius 1 is 0.347 bits per heavy atom. The second-order valence-corrected chi connectivity index (χ2v) is 23.1. The molecule has 0 radical (unpaired) electrons. The van der Waals surface area contributed by atoms with Crippen LogP contribution in [0.1, 0.15) is 45.6 Å². The number of fused-ring (bicyclic) bond motifs is 8. The lowest BCUT2D eigenvalue weighted by molar-refractivity contribution is 0.480. The van der Waals surface area contributed by atoms with Gasteiger partial charge >= 0.3 is 0 Å². The minimum Gasteiger partial charge on any atom is -0.354 e. The highest BCUT2D eigenvalue weighted by Crippen LogP contribution is 2.39. The number of aromatic nitrogens is 8. The fourth-order valence-corrected chi connectivity index (χ4v) is 10.3. The average Bonchev–Trinajstić information content (AvgIpc) is 4.17. The highest BCUT2D eigenvalue weighted by molar-refractivity contribution is 7.86. The van der Waals surface area contributed by atoms with E-state index in [9.17, 15) is 51.9 Å². The van der Waals surface area contributed by atoms with Crippen molar-refractivity contribution < 1.29 is 51.9 Å². The van der Waals surface area contributed by atoms with Gasteiger partial charge in [0, 0.05) is 118 Å². The second kappa shape index (κ2) is 19.8. The van der Waals surface area contributed by atoms with E-state index in [2.05, 4.69) is 29.9 Å². The first-order valence-corrected chi connectivity index (χ1v) is 28.3. The summed E-state index contributed by atoms with van der Waals surface area (Å²) in [5.74, 6) is -2.28. The molecule has 2 aliphatic rings. The van der Waals surface area contributed by atoms with E-state index in [1.807, 2.05) is 24.3 Å². The van der Waals surface area contributed by atoms with Gasteiger partial charge in [0.25, 0.3) is 40.5 Å². The van der Waals surface area contributed by atoms with Crippen LogP contribution in [-0.4, -0.2) is 115 Å². The predicted octanol–water partition coefficient (Wildman–Crippen LogP) is 6.62. The molecular formula is C48H42N8O12S4. The summed E-state index contributed by atoms with van der Waals surface area (Å²) < 4.78 is 133. The molecule has 8 bridgehead atoms. The van der Waals surface area contributed by atoms with E-state index in [4.69, 9.17) is 9.97 Å². The highest BCUT2D eigenvalue weighted by atomic mass is 32.2. The zero-order chi connectivity index (χ0) is 51.0. The minimum atomic E-state index is -4.33. The van der Waals surface area contributed by atoms with Crippen molar-refractivity contribution in [3.63, 3.8) is 0 Å². The third kappa shape index (κ3) is 12.1. The molecule has 0 saturated carbocycles. The van der Waals surface area contributed by atoms with E-state index in [1.165, 1.54) is 24.8 Å². The van der Waals surface area contributed by atoms with Gasteiger partial charge in [0.1, 0.15) is 0 Å². The Morgan fingerprint density at radius 2 is 0.569 bits per heavy atom. The molecule has 9 rings (SSSR count). The maximum atomic E-state index is 11.8. The average molecular weight is 1050 g/mol. The number of pyridine rings is 4. The molecule has 370 valence electrons. The molecule has 24 heteroatoms. The summed E-state index contributed by atoms with van der Waals surface area (Å²) in [7, 11) is -17.3.